The number of halogens is 1. The van der Waals surface area contributed by atoms with Gasteiger partial charge in [-0.3, -0.25) is 4.57 Å². The van der Waals surface area contributed by atoms with Gasteiger partial charge in [0.1, 0.15) is 0 Å². The van der Waals surface area contributed by atoms with Crippen LogP contribution in [0.4, 0.5) is 0 Å². The maximum Gasteiger partial charge on any atom is 0.287 e. The van der Waals surface area contributed by atoms with Crippen LogP contribution >= 0.6 is 18.0 Å². The second-order valence-electron chi connectivity index (χ2n) is 2.58. The van der Waals surface area contributed by atoms with Gasteiger partial charge in [-0.1, -0.05) is 30.3 Å². The average Bonchev–Trinajstić information content (AvgIpc) is 2.02. The minimum absolute atomic E-state index is 0.137. The van der Waals surface area contributed by atoms with Crippen molar-refractivity contribution < 1.29 is 9.46 Å². The Morgan fingerprint density at radius 2 is 1.92 bits per heavy atom. The van der Waals surface area contributed by atoms with Crippen molar-refractivity contribution in [1.82, 2.24) is 0 Å². The lowest BCUT2D eigenvalue weighted by molar-refractivity contribution is 0.495. The van der Waals surface area contributed by atoms with Crippen molar-refractivity contribution in [2.24, 2.45) is 0 Å². The number of hydrogen-bond acceptors (Lipinski definition) is 1. The number of rotatable bonds is 3. The van der Waals surface area contributed by atoms with Crippen LogP contribution < -0.4 is 0 Å². The quantitative estimate of drug-likeness (QED) is 0.769. The number of benzene rings is 1. The third-order valence-electron chi connectivity index (χ3n) is 1.52. The van der Waals surface area contributed by atoms with E-state index in [1.165, 1.54) is 0 Å². The highest BCUT2D eigenvalue weighted by molar-refractivity contribution is 7.84. The number of hydrogen-bond donors (Lipinski definition) is 1. The van der Waals surface area contributed by atoms with Gasteiger partial charge in [0.25, 0.3) is 6.72 Å². The topological polar surface area (TPSA) is 37.3 Å². The SMILES string of the molecule is O=P(O)(Cl)CCc1ccccc1. The lowest BCUT2D eigenvalue weighted by Crippen LogP contribution is -1.89. The lowest BCUT2D eigenvalue weighted by atomic mass is 10.2. The van der Waals surface area contributed by atoms with Gasteiger partial charge in [-0.15, -0.1) is 0 Å². The van der Waals surface area contributed by atoms with Crippen molar-refractivity contribution in [3.8, 4) is 0 Å². The fourth-order valence-corrected chi connectivity index (χ4v) is 1.70. The first-order valence-electron chi connectivity index (χ1n) is 3.63. The third kappa shape index (κ3) is 3.91. The summed E-state index contributed by atoms with van der Waals surface area (Å²) in [5.74, 6) is 0. The molecule has 0 aliphatic heterocycles. The van der Waals surface area contributed by atoms with Gasteiger partial charge in [0, 0.05) is 6.16 Å². The van der Waals surface area contributed by atoms with Crippen molar-refractivity contribution in [2.45, 2.75) is 6.42 Å². The monoisotopic (exact) mass is 204 g/mol. The van der Waals surface area contributed by atoms with E-state index in [2.05, 4.69) is 0 Å². The summed E-state index contributed by atoms with van der Waals surface area (Å²) in [6.07, 6.45) is 0.691. The largest absolute Gasteiger partial charge is 0.333 e. The van der Waals surface area contributed by atoms with Crippen molar-refractivity contribution in [2.75, 3.05) is 6.16 Å². The first-order valence-corrected chi connectivity index (χ1v) is 6.38. The zero-order chi connectivity index (χ0) is 9.03. The molecule has 1 rings (SSSR count). The van der Waals surface area contributed by atoms with E-state index in [1.54, 1.807) is 0 Å². The maximum atomic E-state index is 10.7. The zero-order valence-electron chi connectivity index (χ0n) is 6.48. The van der Waals surface area contributed by atoms with Crippen LogP contribution in [0, 0.1) is 0 Å². The Hall–Kier alpha value is -0.300. The molecular formula is C8H10ClO2P. The average molecular weight is 205 g/mol. The number of aryl methyl sites for hydroxylation is 1. The van der Waals surface area contributed by atoms with Crippen LogP contribution in [0.15, 0.2) is 30.3 Å². The molecule has 0 aromatic heterocycles. The zero-order valence-corrected chi connectivity index (χ0v) is 8.13. The van der Waals surface area contributed by atoms with E-state index < -0.39 is 6.72 Å². The van der Waals surface area contributed by atoms with Gasteiger partial charge in [-0.05, 0) is 23.2 Å². The van der Waals surface area contributed by atoms with E-state index in [0.29, 0.717) is 6.42 Å². The Morgan fingerprint density at radius 3 is 2.42 bits per heavy atom. The standard InChI is InChI=1S/C8H10ClO2P/c9-12(10,11)7-6-8-4-2-1-3-5-8/h1-5H,6-7H2,(H,10,11). The first kappa shape index (κ1) is 9.79. The van der Waals surface area contributed by atoms with Crippen LogP contribution in [-0.4, -0.2) is 11.1 Å². The molecule has 66 valence electrons. The molecular weight excluding hydrogens is 195 g/mol. The van der Waals surface area contributed by atoms with Crippen LogP contribution in [0.3, 0.4) is 0 Å². The molecule has 1 N–H and O–H groups in total. The highest BCUT2D eigenvalue weighted by Crippen LogP contribution is 2.46. The van der Waals surface area contributed by atoms with Crippen molar-refractivity contribution in [3.63, 3.8) is 0 Å². The Kier molecular flexibility index (Phi) is 3.33. The normalized spacial score (nSPS) is 15.5. The second-order valence-corrected chi connectivity index (χ2v) is 5.84. The molecule has 12 heavy (non-hydrogen) atoms. The molecule has 0 amide bonds. The molecule has 1 aromatic carbocycles. The van der Waals surface area contributed by atoms with Gasteiger partial charge < -0.3 is 4.89 Å². The summed E-state index contributed by atoms with van der Waals surface area (Å²) in [4.78, 5) is 8.80. The van der Waals surface area contributed by atoms with Gasteiger partial charge in [-0.25, -0.2) is 0 Å². The molecule has 0 fully saturated rings. The molecule has 1 atom stereocenters. The Labute approximate surface area is 76.4 Å². The molecule has 1 aromatic rings. The van der Waals surface area contributed by atoms with Crippen molar-refractivity contribution in [1.29, 1.82) is 0 Å². The minimum atomic E-state index is -3.36. The summed E-state index contributed by atoms with van der Waals surface area (Å²) in [5.41, 5.74) is 1.03. The predicted octanol–water partition coefficient (Wildman–Crippen LogP) is 2.65. The molecule has 0 bridgehead atoms. The minimum Gasteiger partial charge on any atom is -0.333 e. The second kappa shape index (κ2) is 4.08. The fourth-order valence-electron chi connectivity index (χ4n) is 0.912. The van der Waals surface area contributed by atoms with Gasteiger partial charge in [0.2, 0.25) is 0 Å². The van der Waals surface area contributed by atoms with Crippen molar-refractivity contribution in [3.05, 3.63) is 35.9 Å². The van der Waals surface area contributed by atoms with Gasteiger partial charge >= 0.3 is 0 Å². The highest BCUT2D eigenvalue weighted by Gasteiger charge is 2.12. The van der Waals surface area contributed by atoms with Crippen LogP contribution in [0.25, 0.3) is 0 Å². The molecule has 1 unspecified atom stereocenters. The van der Waals surface area contributed by atoms with E-state index in [0.717, 1.165) is 5.56 Å². The highest BCUT2D eigenvalue weighted by atomic mass is 35.7. The summed E-state index contributed by atoms with van der Waals surface area (Å²) >= 11 is 5.19. The fraction of sp³-hybridized carbons (Fsp3) is 0.250. The molecule has 0 saturated carbocycles. The van der Waals surface area contributed by atoms with Crippen LogP contribution in [0.5, 0.6) is 0 Å². The summed E-state index contributed by atoms with van der Waals surface area (Å²) in [6, 6.07) is 9.51. The predicted molar refractivity (Wildman–Crippen MR) is 50.7 cm³/mol. The summed E-state index contributed by atoms with van der Waals surface area (Å²) < 4.78 is 10.7. The molecule has 0 saturated heterocycles. The molecule has 2 nitrogen and oxygen atoms in total. The van der Waals surface area contributed by atoms with Gasteiger partial charge in [0.15, 0.2) is 0 Å². The third-order valence-corrected chi connectivity index (χ3v) is 2.80. The molecule has 0 aliphatic carbocycles. The molecule has 0 heterocycles. The van der Waals surface area contributed by atoms with Crippen molar-refractivity contribution >= 4 is 18.0 Å². The maximum absolute atomic E-state index is 10.7. The van der Waals surface area contributed by atoms with E-state index in [4.69, 9.17) is 16.1 Å². The molecule has 0 spiro atoms. The molecule has 4 heteroatoms. The van der Waals surface area contributed by atoms with E-state index in [9.17, 15) is 4.57 Å². The summed E-state index contributed by atoms with van der Waals surface area (Å²) in [7, 11) is 0. The van der Waals surface area contributed by atoms with E-state index in [-0.39, 0.29) is 6.16 Å². The van der Waals surface area contributed by atoms with E-state index >= 15 is 0 Å². The van der Waals surface area contributed by atoms with Crippen LogP contribution in [-0.2, 0) is 11.0 Å². The van der Waals surface area contributed by atoms with E-state index in [1.807, 2.05) is 30.3 Å². The molecule has 0 radical (unpaired) electrons. The van der Waals surface area contributed by atoms with Gasteiger partial charge in [-0.2, -0.15) is 0 Å². The Morgan fingerprint density at radius 1 is 1.33 bits per heavy atom. The van der Waals surface area contributed by atoms with Crippen LogP contribution in [0.1, 0.15) is 5.56 Å². The summed E-state index contributed by atoms with van der Waals surface area (Å²) in [6.45, 7) is -3.36. The van der Waals surface area contributed by atoms with Crippen LogP contribution in [0.2, 0.25) is 0 Å². The lowest BCUT2D eigenvalue weighted by Gasteiger charge is -2.01. The molecule has 0 aliphatic rings. The smallest absolute Gasteiger partial charge is 0.287 e. The Bertz CT molecular complexity index is 280. The van der Waals surface area contributed by atoms with Gasteiger partial charge in [0.05, 0.1) is 0 Å². The Balaban J connectivity index is 2.50. The first-order chi connectivity index (χ1) is 5.58. The summed E-state index contributed by atoms with van der Waals surface area (Å²) in [5, 5.41) is 0.